The average molecular weight is 335 g/mol. The van der Waals surface area contributed by atoms with E-state index in [1.807, 2.05) is 79.3 Å². The third-order valence-electron chi connectivity index (χ3n) is 3.95. The number of nitrogens with one attached hydrogen (secondary N) is 1. The van der Waals surface area contributed by atoms with Crippen LogP contribution in [-0.4, -0.2) is 44.3 Å². The van der Waals surface area contributed by atoms with Crippen LogP contribution in [0.4, 0.5) is 0 Å². The Balaban J connectivity index is 1.95. The predicted molar refractivity (Wildman–Crippen MR) is 93.8 cm³/mol. The molecule has 1 unspecified atom stereocenters. The van der Waals surface area contributed by atoms with Gasteiger partial charge in [0.25, 0.3) is 0 Å². The second-order valence-corrected chi connectivity index (χ2v) is 7.85. The van der Waals surface area contributed by atoms with Crippen molar-refractivity contribution in [3.8, 4) is 0 Å². The van der Waals surface area contributed by atoms with Crippen LogP contribution in [0.25, 0.3) is 0 Å². The molecule has 0 bridgehead atoms. The molecule has 0 saturated carbocycles. The van der Waals surface area contributed by atoms with Gasteiger partial charge >= 0.3 is 0 Å². The highest BCUT2D eigenvalue weighted by Gasteiger charge is 2.19. The molecule has 23 heavy (non-hydrogen) atoms. The fourth-order valence-corrected chi connectivity index (χ4v) is 3.61. The van der Waals surface area contributed by atoms with E-state index in [1.54, 1.807) is 0 Å². The van der Waals surface area contributed by atoms with E-state index < -0.39 is 10.0 Å². The normalized spacial score (nSPS) is 13.4. The van der Waals surface area contributed by atoms with Crippen molar-refractivity contribution in [3.63, 3.8) is 0 Å². The van der Waals surface area contributed by atoms with E-state index in [4.69, 9.17) is 0 Å². The van der Waals surface area contributed by atoms with Crippen LogP contribution < -0.4 is 4.72 Å². The third kappa shape index (κ3) is 5.20. The van der Waals surface area contributed by atoms with E-state index >= 15 is 0 Å². The van der Waals surface area contributed by atoms with Crippen LogP contribution in [0.3, 0.4) is 0 Å². The lowest BCUT2D eigenvalue weighted by atomic mass is 10.2. The quantitative estimate of drug-likeness (QED) is 0.800. The second-order valence-electron chi connectivity index (χ2n) is 5.93. The zero-order valence-corrected chi connectivity index (χ0v) is 14.8. The summed E-state index contributed by atoms with van der Waals surface area (Å²) in [6, 6.07) is 13.7. The Bertz CT molecular complexity index is 708. The topological polar surface area (TPSA) is 54.3 Å². The number of aryl methyl sites for hydroxylation is 2. The fourth-order valence-electron chi connectivity index (χ4n) is 2.55. The minimum atomic E-state index is -3.30. The Kier molecular flexibility index (Phi) is 5.98. The summed E-state index contributed by atoms with van der Waals surface area (Å²) in [6.45, 7) is 0.363. The molecule has 0 aliphatic heterocycles. The Hall–Kier alpha value is -1.63. The first-order chi connectivity index (χ1) is 10.9. The van der Waals surface area contributed by atoms with E-state index in [1.165, 1.54) is 0 Å². The summed E-state index contributed by atoms with van der Waals surface area (Å²) in [6.07, 6.45) is 2.49. The predicted octanol–water partition coefficient (Wildman–Crippen LogP) is 1.79. The van der Waals surface area contributed by atoms with Gasteiger partial charge in [0.2, 0.25) is 10.0 Å². The van der Waals surface area contributed by atoms with Crippen LogP contribution in [0, 0.1) is 0 Å². The van der Waals surface area contributed by atoms with Crippen LogP contribution in [0.1, 0.15) is 17.3 Å². The fraction of sp³-hybridized carbons (Fsp3) is 0.412. The largest absolute Gasteiger partial charge is 0.353 e. The number of rotatable bonds is 8. The lowest BCUT2D eigenvalue weighted by Gasteiger charge is -2.25. The van der Waals surface area contributed by atoms with Gasteiger partial charge < -0.3 is 4.57 Å². The lowest BCUT2D eigenvalue weighted by molar-refractivity contribution is 0.289. The number of benzene rings is 1. The summed E-state index contributed by atoms with van der Waals surface area (Å²) >= 11 is 0. The van der Waals surface area contributed by atoms with E-state index in [0.29, 0.717) is 13.0 Å². The highest BCUT2D eigenvalue weighted by Crippen LogP contribution is 2.17. The molecule has 1 N–H and O–H groups in total. The van der Waals surface area contributed by atoms with Crippen LogP contribution in [0.2, 0.25) is 0 Å². The molecular weight excluding hydrogens is 310 g/mol. The van der Waals surface area contributed by atoms with Gasteiger partial charge in [0, 0.05) is 25.5 Å². The molecule has 5 nitrogen and oxygen atoms in total. The summed E-state index contributed by atoms with van der Waals surface area (Å²) in [4.78, 5) is 2.02. The van der Waals surface area contributed by atoms with Crippen molar-refractivity contribution in [3.05, 3.63) is 59.9 Å². The number of aromatic nitrogens is 1. The molecule has 0 aliphatic carbocycles. The molecule has 2 aromatic rings. The standard InChI is InChI=1S/C17H25N3O2S/c1-19(2)17(16-10-7-12-20(16)3)14-18-23(21,22)13-11-15-8-5-4-6-9-15/h4-10,12,17-18H,11,13-14H2,1-3H3. The van der Waals surface area contributed by atoms with Gasteiger partial charge in [0.05, 0.1) is 11.8 Å². The van der Waals surface area contributed by atoms with Crippen molar-refractivity contribution in [2.75, 3.05) is 26.4 Å². The Morgan fingerprint density at radius 1 is 1.13 bits per heavy atom. The summed E-state index contributed by atoms with van der Waals surface area (Å²) in [7, 11) is 2.58. The number of hydrogen-bond donors (Lipinski definition) is 1. The minimum Gasteiger partial charge on any atom is -0.353 e. The van der Waals surface area contributed by atoms with Gasteiger partial charge in [0.1, 0.15) is 0 Å². The maximum Gasteiger partial charge on any atom is 0.211 e. The van der Waals surface area contributed by atoms with Crippen LogP contribution in [0.5, 0.6) is 0 Å². The molecule has 1 aromatic heterocycles. The Labute approximate surface area is 139 Å². The number of nitrogens with zero attached hydrogens (tertiary/aromatic N) is 2. The highest BCUT2D eigenvalue weighted by molar-refractivity contribution is 7.89. The number of sulfonamides is 1. The summed E-state index contributed by atoms with van der Waals surface area (Å²) < 4.78 is 29.3. The molecule has 0 saturated heterocycles. The van der Waals surface area contributed by atoms with Crippen molar-refractivity contribution in [2.24, 2.45) is 7.05 Å². The van der Waals surface area contributed by atoms with Gasteiger partial charge in [-0.05, 0) is 38.2 Å². The zero-order chi connectivity index (χ0) is 16.9. The van der Waals surface area contributed by atoms with Crippen molar-refractivity contribution in [2.45, 2.75) is 12.5 Å². The molecule has 126 valence electrons. The summed E-state index contributed by atoms with van der Waals surface area (Å²) in [5.41, 5.74) is 2.12. The van der Waals surface area contributed by atoms with Crippen LogP contribution in [-0.2, 0) is 23.5 Å². The molecule has 1 aromatic carbocycles. The second kappa shape index (κ2) is 7.77. The van der Waals surface area contributed by atoms with Gasteiger partial charge in [-0.15, -0.1) is 0 Å². The van der Waals surface area contributed by atoms with Gasteiger partial charge in [-0.1, -0.05) is 30.3 Å². The zero-order valence-electron chi connectivity index (χ0n) is 13.9. The third-order valence-corrected chi connectivity index (χ3v) is 5.30. The van der Waals surface area contributed by atoms with Crippen LogP contribution in [0.15, 0.2) is 48.7 Å². The molecule has 6 heteroatoms. The van der Waals surface area contributed by atoms with Crippen molar-refractivity contribution >= 4 is 10.0 Å². The first kappa shape index (κ1) is 17.7. The van der Waals surface area contributed by atoms with Gasteiger partial charge in [-0.3, -0.25) is 4.90 Å². The molecule has 1 atom stereocenters. The summed E-state index contributed by atoms with van der Waals surface area (Å²) in [5, 5.41) is 0. The lowest BCUT2D eigenvalue weighted by Crippen LogP contribution is -2.36. The van der Waals surface area contributed by atoms with Crippen molar-refractivity contribution < 1.29 is 8.42 Å². The van der Waals surface area contributed by atoms with Gasteiger partial charge in [0.15, 0.2) is 0 Å². The van der Waals surface area contributed by atoms with E-state index in [2.05, 4.69) is 4.72 Å². The Morgan fingerprint density at radius 3 is 2.39 bits per heavy atom. The smallest absolute Gasteiger partial charge is 0.211 e. The maximum absolute atomic E-state index is 12.2. The van der Waals surface area contributed by atoms with E-state index in [0.717, 1.165) is 11.3 Å². The molecule has 2 rings (SSSR count). The monoisotopic (exact) mass is 335 g/mol. The molecular formula is C17H25N3O2S. The first-order valence-electron chi connectivity index (χ1n) is 7.68. The minimum absolute atomic E-state index is 0.00139. The maximum atomic E-state index is 12.2. The summed E-state index contributed by atoms with van der Waals surface area (Å²) in [5.74, 6) is 0.101. The molecule has 0 aliphatic rings. The van der Waals surface area contributed by atoms with Crippen LogP contribution >= 0.6 is 0 Å². The van der Waals surface area contributed by atoms with E-state index in [-0.39, 0.29) is 11.8 Å². The first-order valence-corrected chi connectivity index (χ1v) is 9.33. The Morgan fingerprint density at radius 2 is 1.83 bits per heavy atom. The van der Waals surface area contributed by atoms with Gasteiger partial charge in [-0.2, -0.15) is 0 Å². The molecule has 0 fully saturated rings. The molecule has 1 heterocycles. The SMILES string of the molecule is CN(C)C(CNS(=O)(=O)CCc1ccccc1)c1cccn1C. The molecule has 0 spiro atoms. The molecule has 0 amide bonds. The molecule has 0 radical (unpaired) electrons. The van der Waals surface area contributed by atoms with Crippen molar-refractivity contribution in [1.82, 2.24) is 14.2 Å². The highest BCUT2D eigenvalue weighted by atomic mass is 32.2. The van der Waals surface area contributed by atoms with Gasteiger partial charge in [-0.25, -0.2) is 13.1 Å². The van der Waals surface area contributed by atoms with E-state index in [9.17, 15) is 8.42 Å². The average Bonchev–Trinajstić information content (AvgIpc) is 2.92. The number of hydrogen-bond acceptors (Lipinski definition) is 3. The van der Waals surface area contributed by atoms with Crippen molar-refractivity contribution in [1.29, 1.82) is 0 Å². The number of likely N-dealkylation sites (N-methyl/N-ethyl adjacent to an activating group) is 1.